The van der Waals surface area contributed by atoms with Crippen LogP contribution in [-0.4, -0.2) is 106 Å². The number of carbonyl (C=O) groups is 3. The molecule has 72 heavy (non-hydrogen) atoms. The van der Waals surface area contributed by atoms with Crippen LogP contribution < -0.4 is 5.32 Å². The number of aliphatic hydroxyl groups excluding tert-OH is 3. The Morgan fingerprint density at radius 3 is 2.60 bits per heavy atom. The molecule has 11 aliphatic rings. The Labute approximate surface area is 424 Å². The van der Waals surface area contributed by atoms with Crippen LogP contribution in [0.1, 0.15) is 134 Å². The molecule has 6 aliphatic heterocycles. The molecule has 0 radical (unpaired) electrons. The van der Waals surface area contributed by atoms with Gasteiger partial charge in [-0.2, -0.15) is 0 Å². The van der Waals surface area contributed by atoms with Gasteiger partial charge in [0, 0.05) is 40.8 Å². The Kier molecular flexibility index (Phi) is 11.7. The first-order valence-electron chi connectivity index (χ1n) is 28.3. The van der Waals surface area contributed by atoms with Crippen LogP contribution in [0.15, 0.2) is 59.4 Å². The number of Topliss-reactive ketones (excluding diaryl/α,β-unsaturated/α-hetero) is 1. The fraction of sp³-hybridized carbons (Fsp3) is 0.746. The van der Waals surface area contributed by atoms with Gasteiger partial charge in [0.2, 0.25) is 0 Å². The Balaban J connectivity index is 0.910. The van der Waals surface area contributed by atoms with Gasteiger partial charge in [-0.3, -0.25) is 14.9 Å². The van der Waals surface area contributed by atoms with Gasteiger partial charge >= 0.3 is 11.9 Å². The number of ketones is 1. The van der Waals surface area contributed by atoms with Crippen molar-refractivity contribution in [3.63, 3.8) is 0 Å². The van der Waals surface area contributed by atoms with E-state index in [1.807, 2.05) is 12.1 Å². The summed E-state index contributed by atoms with van der Waals surface area (Å²) in [5.41, 5.74) is -3.27. The third kappa shape index (κ3) is 6.67. The second-order valence-corrected chi connectivity index (χ2v) is 25.8. The second kappa shape index (κ2) is 17.5. The molecule has 10 fully saturated rings. The van der Waals surface area contributed by atoms with E-state index in [1.54, 1.807) is 6.26 Å². The molecule has 390 valence electrons. The largest absolute Gasteiger partial charge is 0.469 e. The van der Waals surface area contributed by atoms with Crippen molar-refractivity contribution in [1.82, 2.24) is 10.2 Å². The van der Waals surface area contributed by atoms with Crippen LogP contribution in [0.25, 0.3) is 0 Å². The third-order valence-corrected chi connectivity index (χ3v) is 22.6. The molecule has 7 heterocycles. The number of hydrogen-bond donors (Lipinski definition) is 4. The van der Waals surface area contributed by atoms with Crippen LogP contribution in [0.4, 0.5) is 0 Å². The molecule has 0 amide bonds. The van der Waals surface area contributed by atoms with Crippen molar-refractivity contribution in [2.24, 2.45) is 75.4 Å². The first kappa shape index (κ1) is 48.1. The number of rotatable bonds is 10. The lowest BCUT2D eigenvalue weighted by molar-refractivity contribution is -0.277. The van der Waals surface area contributed by atoms with E-state index in [2.05, 4.69) is 67.5 Å². The minimum absolute atomic E-state index is 0.0421. The van der Waals surface area contributed by atoms with Crippen molar-refractivity contribution in [1.29, 1.82) is 0 Å². The molecule has 13 heteroatoms. The molecular formula is C59H78N2O11. The number of esters is 2. The number of hydrogen-bond acceptors (Lipinski definition) is 13. The summed E-state index contributed by atoms with van der Waals surface area (Å²) in [4.78, 5) is 47.4. The first-order chi connectivity index (χ1) is 34.8. The number of benzene rings is 1. The highest BCUT2D eigenvalue weighted by Crippen LogP contribution is 2.83. The number of carbonyl (C=O) groups excluding carboxylic acids is 3. The molecule has 0 bridgehead atoms. The average molecular weight is 991 g/mol. The molecule has 2 aromatic rings. The highest BCUT2D eigenvalue weighted by molar-refractivity contribution is 5.92. The van der Waals surface area contributed by atoms with Gasteiger partial charge in [-0.05, 0) is 142 Å². The summed E-state index contributed by atoms with van der Waals surface area (Å²) < 4.78 is 34.1. The predicted molar refractivity (Wildman–Crippen MR) is 263 cm³/mol. The summed E-state index contributed by atoms with van der Waals surface area (Å²) in [7, 11) is 0. The van der Waals surface area contributed by atoms with Gasteiger partial charge in [0.25, 0.3) is 0 Å². The van der Waals surface area contributed by atoms with Gasteiger partial charge in [0.05, 0.1) is 49.7 Å². The summed E-state index contributed by atoms with van der Waals surface area (Å²) >= 11 is 0. The number of aliphatic hydroxyl groups is 3. The smallest absolute Gasteiger partial charge is 0.339 e. The predicted octanol–water partition coefficient (Wildman–Crippen LogP) is 7.25. The molecule has 5 aliphatic carbocycles. The minimum atomic E-state index is -1.46. The third-order valence-electron chi connectivity index (χ3n) is 22.6. The van der Waals surface area contributed by atoms with E-state index in [-0.39, 0.29) is 61.0 Å². The Bertz CT molecular complexity index is 2460. The monoisotopic (exact) mass is 991 g/mol. The van der Waals surface area contributed by atoms with Crippen molar-refractivity contribution in [3.8, 4) is 0 Å². The second-order valence-electron chi connectivity index (χ2n) is 25.8. The summed E-state index contributed by atoms with van der Waals surface area (Å²) in [6.07, 6.45) is 13.4. The summed E-state index contributed by atoms with van der Waals surface area (Å²) in [6.45, 7) is 8.18. The van der Waals surface area contributed by atoms with Gasteiger partial charge < -0.3 is 43.6 Å². The van der Waals surface area contributed by atoms with Crippen LogP contribution in [0.2, 0.25) is 0 Å². The highest BCUT2D eigenvalue weighted by Gasteiger charge is 2.93. The summed E-state index contributed by atoms with van der Waals surface area (Å²) in [5.74, 6) is 0.0345. The molecule has 5 saturated carbocycles. The number of ether oxygens (including phenoxy) is 4. The zero-order valence-corrected chi connectivity index (χ0v) is 42.6. The standard InChI is InChI=1S/C59H78N2O11/c1-33(2)38-12-8-19-56(28-38)50-49(65)51(66)58(39-13-7-11-35(24-39)23-34-9-5-4-6-10-34)46(57(50)31-69-48(64)27-47(57)71-56)16-20-55(3)52(70-54(67)53-59(55,58)72-53)41-18-22-68-45(41)26-42(44(63)30-62)36-14-15-40-37(25-36)17-21-61-32-60-29-43(40)61/h4-6,9-10,17-18,21-22,33,35-40,42-44,46-47,50-53,60,62-63,66H,7-8,11-16,19-20,23-32H2,1-3H3/t35-,36-,37+,38-,39-,40+,42-,43-,44+,46+,47-,50+,51+,52-,53+,55-,56-,57-,58-,59+/m0/s1. The van der Waals surface area contributed by atoms with Gasteiger partial charge in [0.1, 0.15) is 30.2 Å². The van der Waals surface area contributed by atoms with E-state index in [9.17, 15) is 20.1 Å². The molecule has 13 rings (SSSR count). The normalized spacial score (nSPS) is 46.7. The van der Waals surface area contributed by atoms with Crippen LogP contribution in [0.5, 0.6) is 0 Å². The van der Waals surface area contributed by atoms with E-state index in [1.165, 1.54) is 5.56 Å². The maximum Gasteiger partial charge on any atom is 0.339 e. The number of nitrogens with zero attached hydrogens (tertiary/aromatic N) is 1. The molecule has 1 aromatic heterocycles. The number of fused-ring (bicyclic) bond motifs is 5. The molecule has 13 nitrogen and oxygen atoms in total. The van der Waals surface area contributed by atoms with E-state index < -0.39 is 69.9 Å². The Morgan fingerprint density at radius 2 is 1.78 bits per heavy atom. The van der Waals surface area contributed by atoms with Gasteiger partial charge in [-0.15, -0.1) is 0 Å². The van der Waals surface area contributed by atoms with Crippen molar-refractivity contribution in [3.05, 3.63) is 71.8 Å². The van der Waals surface area contributed by atoms with Crippen molar-refractivity contribution < 1.29 is 53.1 Å². The number of cyclic esters (lactones) is 2. The fourth-order valence-electron chi connectivity index (χ4n) is 19.6. The Hall–Kier alpha value is -3.59. The van der Waals surface area contributed by atoms with E-state index in [4.69, 9.17) is 23.4 Å². The topological polar surface area (TPSA) is 181 Å². The van der Waals surface area contributed by atoms with E-state index in [0.717, 1.165) is 83.0 Å². The van der Waals surface area contributed by atoms with Crippen molar-refractivity contribution in [2.45, 2.75) is 171 Å². The molecule has 0 unspecified atom stereocenters. The Morgan fingerprint density at radius 1 is 0.931 bits per heavy atom. The van der Waals surface area contributed by atoms with Gasteiger partial charge in [-0.25, -0.2) is 4.79 Å². The highest BCUT2D eigenvalue weighted by atomic mass is 16.7. The van der Waals surface area contributed by atoms with Crippen molar-refractivity contribution >= 4 is 17.7 Å². The maximum absolute atomic E-state index is 16.3. The molecule has 4 N–H and O–H groups in total. The SMILES string of the molecule is CC(C)[C@H]1CCC[C@@]2(C1)O[C@H]1CC(=O)OC[C@@]13[C@@H]2C(=O)[C@@H](O)[C@]1([C@H]2CCC[C@@H](Cc4ccccc4)C2)[C@@H]3CC[C@@]2(C)[C@H](c3ccoc3C[C@@H]([C@H]3CC[C@@H]4[C@H](C=CN5CNC[C@@H]45)C3)[C@H](O)CO)OC(=O)[C@H]3O[C@@]312. The molecule has 1 aromatic carbocycles. The summed E-state index contributed by atoms with van der Waals surface area (Å²) in [5, 5.41) is 39.7. The quantitative estimate of drug-likeness (QED) is 0.138. The molecule has 5 saturated heterocycles. The van der Waals surface area contributed by atoms with Crippen LogP contribution in [0, 0.1) is 75.4 Å². The van der Waals surface area contributed by atoms with E-state index in [0.29, 0.717) is 67.6 Å². The molecular weight excluding hydrogens is 913 g/mol. The molecule has 20 atom stereocenters. The van der Waals surface area contributed by atoms with Gasteiger partial charge in [0.15, 0.2) is 11.9 Å². The molecule has 3 spiro atoms. The average Bonchev–Trinajstić information content (AvgIpc) is 3.61. The first-order valence-corrected chi connectivity index (χ1v) is 28.3. The zero-order chi connectivity index (χ0) is 49.5. The number of allylic oxidation sites excluding steroid dienone is 1. The van der Waals surface area contributed by atoms with Crippen LogP contribution in [0.3, 0.4) is 0 Å². The van der Waals surface area contributed by atoms with E-state index >= 15 is 9.59 Å². The van der Waals surface area contributed by atoms with Crippen molar-refractivity contribution in [2.75, 3.05) is 26.4 Å². The number of nitrogens with one attached hydrogen (secondary N) is 1. The number of epoxide rings is 1. The fourth-order valence-corrected chi connectivity index (χ4v) is 19.6. The van der Waals surface area contributed by atoms with Crippen LogP contribution >= 0.6 is 0 Å². The maximum atomic E-state index is 16.3. The lowest BCUT2D eigenvalue weighted by Gasteiger charge is -2.70. The zero-order valence-electron chi connectivity index (χ0n) is 42.6. The lowest BCUT2D eigenvalue weighted by Crippen LogP contribution is -2.79. The minimum Gasteiger partial charge on any atom is -0.469 e. The van der Waals surface area contributed by atoms with Gasteiger partial charge in [-0.1, -0.05) is 76.4 Å². The number of furan rings is 1. The lowest BCUT2D eigenvalue weighted by atomic mass is 9.32. The summed E-state index contributed by atoms with van der Waals surface area (Å²) in [6, 6.07) is 13.0. The van der Waals surface area contributed by atoms with Crippen LogP contribution in [-0.2, 0) is 46.2 Å².